The fourth-order valence-corrected chi connectivity index (χ4v) is 2.55. The summed E-state index contributed by atoms with van der Waals surface area (Å²) in [5.41, 5.74) is 8.92. The number of benzene rings is 2. The van der Waals surface area contributed by atoms with E-state index in [0.29, 0.717) is 11.6 Å². The summed E-state index contributed by atoms with van der Waals surface area (Å²) >= 11 is 6.19. The van der Waals surface area contributed by atoms with Gasteiger partial charge in [0.25, 0.3) is 0 Å². The molecule has 0 aliphatic carbocycles. The van der Waals surface area contributed by atoms with Crippen molar-refractivity contribution in [3.63, 3.8) is 0 Å². The fourth-order valence-electron chi connectivity index (χ4n) is 2.36. The maximum atomic E-state index is 6.19. The lowest BCUT2D eigenvalue weighted by molar-refractivity contribution is 0.791. The Bertz CT molecular complexity index is 758. The number of hydrogen-bond donors (Lipinski definition) is 2. The topological polar surface area (TPSA) is 50.9 Å². The quantitative estimate of drug-likeness (QED) is 0.765. The van der Waals surface area contributed by atoms with Gasteiger partial charge >= 0.3 is 0 Å². The average Bonchev–Trinajstić information content (AvgIpc) is 2.54. The van der Waals surface area contributed by atoms with Gasteiger partial charge in [0.05, 0.1) is 22.3 Å². The van der Waals surface area contributed by atoms with E-state index < -0.39 is 0 Å². The molecule has 0 spiro atoms. The minimum atomic E-state index is 0.00880. The molecule has 4 heteroatoms. The number of nitrogens with zero attached hydrogens (tertiary/aromatic N) is 1. The predicted octanol–water partition coefficient (Wildman–Crippen LogP) is 4.00. The Hall–Kier alpha value is -2.10. The SMILES string of the molecule is NCC(Nc1ccccc1Cl)c1ccc2ncccc2c1. The normalized spacial score (nSPS) is 12.3. The Morgan fingerprint density at radius 1 is 1.10 bits per heavy atom. The number of nitrogens with two attached hydrogens (primary N) is 1. The van der Waals surface area contributed by atoms with Crippen LogP contribution < -0.4 is 11.1 Å². The van der Waals surface area contributed by atoms with Crippen LogP contribution in [0.25, 0.3) is 10.9 Å². The summed E-state index contributed by atoms with van der Waals surface area (Å²) in [6.07, 6.45) is 1.80. The molecular formula is C17H16ClN3. The minimum Gasteiger partial charge on any atom is -0.376 e. The van der Waals surface area contributed by atoms with Crippen molar-refractivity contribution < 1.29 is 0 Å². The molecule has 0 saturated heterocycles. The molecule has 2 aromatic carbocycles. The van der Waals surface area contributed by atoms with Crippen molar-refractivity contribution in [1.82, 2.24) is 4.98 Å². The molecule has 1 unspecified atom stereocenters. The van der Waals surface area contributed by atoms with Crippen LogP contribution in [0.5, 0.6) is 0 Å². The number of halogens is 1. The van der Waals surface area contributed by atoms with Crippen LogP contribution in [0.2, 0.25) is 5.02 Å². The van der Waals surface area contributed by atoms with Crippen molar-refractivity contribution in [2.45, 2.75) is 6.04 Å². The molecule has 1 aromatic heterocycles. The number of para-hydroxylation sites is 1. The molecule has 106 valence electrons. The van der Waals surface area contributed by atoms with Gasteiger partial charge in [-0.1, -0.05) is 35.9 Å². The van der Waals surface area contributed by atoms with Gasteiger partial charge in [-0.25, -0.2) is 0 Å². The molecule has 3 rings (SSSR count). The van der Waals surface area contributed by atoms with Crippen LogP contribution in [-0.2, 0) is 0 Å². The zero-order chi connectivity index (χ0) is 14.7. The third-order valence-electron chi connectivity index (χ3n) is 3.47. The standard InChI is InChI=1S/C17H16ClN3/c18-14-5-1-2-6-16(14)21-17(11-19)13-7-8-15-12(10-13)4-3-9-20-15/h1-10,17,21H,11,19H2. The second-order valence-electron chi connectivity index (χ2n) is 4.87. The summed E-state index contributed by atoms with van der Waals surface area (Å²) in [5, 5.41) is 5.20. The van der Waals surface area contributed by atoms with Crippen LogP contribution in [0.15, 0.2) is 60.8 Å². The number of aromatic nitrogens is 1. The first-order chi connectivity index (χ1) is 10.3. The molecule has 0 aliphatic heterocycles. The van der Waals surface area contributed by atoms with Crippen LogP contribution in [0.1, 0.15) is 11.6 Å². The Morgan fingerprint density at radius 3 is 2.76 bits per heavy atom. The van der Waals surface area contributed by atoms with Crippen molar-refractivity contribution in [1.29, 1.82) is 0 Å². The molecule has 0 bridgehead atoms. The van der Waals surface area contributed by atoms with E-state index in [-0.39, 0.29) is 6.04 Å². The Kier molecular flexibility index (Phi) is 4.04. The van der Waals surface area contributed by atoms with Gasteiger partial charge in [-0.3, -0.25) is 4.98 Å². The van der Waals surface area contributed by atoms with Crippen LogP contribution in [-0.4, -0.2) is 11.5 Å². The number of fused-ring (bicyclic) bond motifs is 1. The molecule has 3 aromatic rings. The number of nitrogens with one attached hydrogen (secondary N) is 1. The number of anilines is 1. The minimum absolute atomic E-state index is 0.00880. The van der Waals surface area contributed by atoms with Crippen LogP contribution in [0, 0.1) is 0 Å². The highest BCUT2D eigenvalue weighted by molar-refractivity contribution is 6.33. The Labute approximate surface area is 128 Å². The lowest BCUT2D eigenvalue weighted by Crippen LogP contribution is -2.20. The van der Waals surface area contributed by atoms with Gasteiger partial charge in [0.1, 0.15) is 0 Å². The first kappa shape index (κ1) is 13.9. The second-order valence-corrected chi connectivity index (χ2v) is 5.28. The van der Waals surface area contributed by atoms with Gasteiger partial charge < -0.3 is 11.1 Å². The molecule has 1 heterocycles. The zero-order valence-corrected chi connectivity index (χ0v) is 12.2. The van der Waals surface area contributed by atoms with Crippen LogP contribution in [0.3, 0.4) is 0 Å². The molecule has 0 radical (unpaired) electrons. The summed E-state index contributed by atoms with van der Waals surface area (Å²) < 4.78 is 0. The number of pyridine rings is 1. The van der Waals surface area contributed by atoms with Crippen molar-refractivity contribution >= 4 is 28.2 Å². The van der Waals surface area contributed by atoms with E-state index >= 15 is 0 Å². The van der Waals surface area contributed by atoms with Crippen molar-refractivity contribution in [2.24, 2.45) is 5.73 Å². The highest BCUT2D eigenvalue weighted by Gasteiger charge is 2.11. The first-order valence-electron chi connectivity index (χ1n) is 6.84. The van der Waals surface area contributed by atoms with Crippen molar-refractivity contribution in [3.05, 3.63) is 71.4 Å². The molecular weight excluding hydrogens is 282 g/mol. The van der Waals surface area contributed by atoms with Crippen molar-refractivity contribution in [2.75, 3.05) is 11.9 Å². The molecule has 0 aliphatic rings. The lowest BCUT2D eigenvalue weighted by atomic mass is 10.0. The van der Waals surface area contributed by atoms with E-state index in [9.17, 15) is 0 Å². The van der Waals surface area contributed by atoms with E-state index in [1.54, 1.807) is 6.20 Å². The van der Waals surface area contributed by atoms with E-state index in [2.05, 4.69) is 28.5 Å². The van der Waals surface area contributed by atoms with Gasteiger partial charge in [-0.2, -0.15) is 0 Å². The monoisotopic (exact) mass is 297 g/mol. The summed E-state index contributed by atoms with van der Waals surface area (Å²) in [7, 11) is 0. The molecule has 0 fully saturated rings. The summed E-state index contributed by atoms with van der Waals surface area (Å²) in [6, 6.07) is 17.9. The van der Waals surface area contributed by atoms with Gasteiger partial charge in [0, 0.05) is 18.1 Å². The van der Waals surface area contributed by atoms with E-state index in [0.717, 1.165) is 22.2 Å². The molecule has 0 amide bonds. The highest BCUT2D eigenvalue weighted by atomic mass is 35.5. The fraction of sp³-hybridized carbons (Fsp3) is 0.118. The third-order valence-corrected chi connectivity index (χ3v) is 3.80. The Morgan fingerprint density at radius 2 is 1.95 bits per heavy atom. The molecule has 0 saturated carbocycles. The molecule has 21 heavy (non-hydrogen) atoms. The summed E-state index contributed by atoms with van der Waals surface area (Å²) in [5.74, 6) is 0. The largest absolute Gasteiger partial charge is 0.376 e. The zero-order valence-electron chi connectivity index (χ0n) is 11.5. The molecule has 3 nitrogen and oxygen atoms in total. The molecule has 3 N–H and O–H groups in total. The van der Waals surface area contributed by atoms with Crippen molar-refractivity contribution in [3.8, 4) is 0 Å². The van der Waals surface area contributed by atoms with Gasteiger partial charge in [-0.05, 0) is 35.9 Å². The summed E-state index contributed by atoms with van der Waals surface area (Å²) in [4.78, 5) is 4.33. The maximum absolute atomic E-state index is 6.19. The van der Waals surface area contributed by atoms with E-state index in [1.807, 2.05) is 36.4 Å². The number of rotatable bonds is 4. The second kappa shape index (κ2) is 6.12. The van der Waals surface area contributed by atoms with Crippen LogP contribution in [0.4, 0.5) is 5.69 Å². The summed E-state index contributed by atoms with van der Waals surface area (Å²) in [6.45, 7) is 0.483. The predicted molar refractivity (Wildman–Crippen MR) is 88.6 cm³/mol. The van der Waals surface area contributed by atoms with Gasteiger partial charge in [-0.15, -0.1) is 0 Å². The smallest absolute Gasteiger partial charge is 0.0702 e. The number of hydrogen-bond acceptors (Lipinski definition) is 3. The first-order valence-corrected chi connectivity index (χ1v) is 7.21. The Balaban J connectivity index is 1.93. The third kappa shape index (κ3) is 2.99. The maximum Gasteiger partial charge on any atom is 0.0702 e. The lowest BCUT2D eigenvalue weighted by Gasteiger charge is -2.20. The molecule has 1 atom stereocenters. The van der Waals surface area contributed by atoms with Gasteiger partial charge in [0.15, 0.2) is 0 Å². The van der Waals surface area contributed by atoms with Crippen LogP contribution >= 0.6 is 11.6 Å². The van der Waals surface area contributed by atoms with E-state index in [1.165, 1.54) is 0 Å². The van der Waals surface area contributed by atoms with Gasteiger partial charge in [0.2, 0.25) is 0 Å². The van der Waals surface area contributed by atoms with E-state index in [4.69, 9.17) is 17.3 Å². The average molecular weight is 298 g/mol. The highest BCUT2D eigenvalue weighted by Crippen LogP contribution is 2.26.